The third kappa shape index (κ3) is 2.04. The molecule has 0 aliphatic carbocycles. The second-order valence-electron chi connectivity index (χ2n) is 5.35. The molecule has 2 fully saturated rings. The lowest BCUT2D eigenvalue weighted by Gasteiger charge is -2.46. The van der Waals surface area contributed by atoms with Gasteiger partial charge in [0.25, 0.3) is 5.91 Å². The highest BCUT2D eigenvalue weighted by molar-refractivity contribution is 6.04. The van der Waals surface area contributed by atoms with Gasteiger partial charge in [0.05, 0.1) is 6.61 Å². The summed E-state index contributed by atoms with van der Waals surface area (Å²) in [7, 11) is 0. The highest BCUT2D eigenvalue weighted by atomic mass is 16.7. The Kier molecular flexibility index (Phi) is 2.85. The van der Waals surface area contributed by atoms with Crippen molar-refractivity contribution >= 4 is 11.6 Å². The quantitative estimate of drug-likeness (QED) is 0.806. The molecule has 2 aliphatic rings. The minimum Gasteiger partial charge on any atom is -0.381 e. The van der Waals surface area contributed by atoms with Crippen molar-refractivity contribution in [2.45, 2.75) is 37.9 Å². The third-order valence-corrected chi connectivity index (χ3v) is 3.56. The molecule has 1 N–H and O–H groups in total. The van der Waals surface area contributed by atoms with Gasteiger partial charge in [-0.15, -0.1) is 0 Å². The molecule has 1 aromatic carbocycles. The standard InChI is InChI=1S/C14H17NO4/c1-14(2)18-8-10(19-14)11-12(16)13(17)15(11)9-6-4-3-5-7-9/h3-7,10-12,16H,8H2,1-2H3/t10-,11+,12-/m1/s1. The molecule has 0 radical (unpaired) electrons. The number of carbonyl (C=O) groups is 1. The molecule has 1 amide bonds. The van der Waals surface area contributed by atoms with E-state index in [2.05, 4.69) is 0 Å². The van der Waals surface area contributed by atoms with Crippen molar-refractivity contribution < 1.29 is 19.4 Å². The SMILES string of the molecule is CC1(C)OC[C@H]([C@H]2[C@@H](O)C(=O)N2c2ccccc2)O1. The second kappa shape index (κ2) is 4.30. The van der Waals surface area contributed by atoms with E-state index in [0.717, 1.165) is 5.69 Å². The molecule has 1 aromatic rings. The maximum atomic E-state index is 11.9. The molecule has 3 atom stereocenters. The molecule has 2 saturated heterocycles. The van der Waals surface area contributed by atoms with Crippen LogP contribution < -0.4 is 4.90 Å². The van der Waals surface area contributed by atoms with Gasteiger partial charge in [-0.25, -0.2) is 0 Å². The monoisotopic (exact) mass is 263 g/mol. The fourth-order valence-corrected chi connectivity index (χ4v) is 2.64. The second-order valence-corrected chi connectivity index (χ2v) is 5.35. The average molecular weight is 263 g/mol. The van der Waals surface area contributed by atoms with Crippen LogP contribution in [-0.2, 0) is 14.3 Å². The summed E-state index contributed by atoms with van der Waals surface area (Å²) in [6.45, 7) is 4.03. The van der Waals surface area contributed by atoms with Crippen LogP contribution >= 0.6 is 0 Å². The number of nitrogens with zero attached hydrogens (tertiary/aromatic N) is 1. The first-order chi connectivity index (χ1) is 8.99. The van der Waals surface area contributed by atoms with Crippen LogP contribution in [0.3, 0.4) is 0 Å². The summed E-state index contributed by atoms with van der Waals surface area (Å²) in [5, 5.41) is 9.91. The molecular weight excluding hydrogens is 246 g/mol. The summed E-state index contributed by atoms with van der Waals surface area (Å²) >= 11 is 0. The lowest BCUT2D eigenvalue weighted by molar-refractivity contribution is -0.158. The summed E-state index contributed by atoms with van der Waals surface area (Å²) in [5.74, 6) is -0.949. The van der Waals surface area contributed by atoms with Crippen LogP contribution in [0.15, 0.2) is 30.3 Å². The van der Waals surface area contributed by atoms with E-state index in [0.29, 0.717) is 6.61 Å². The van der Waals surface area contributed by atoms with Gasteiger partial charge in [0.2, 0.25) is 0 Å². The van der Waals surface area contributed by atoms with Gasteiger partial charge in [-0.3, -0.25) is 4.79 Å². The molecule has 5 nitrogen and oxygen atoms in total. The zero-order valence-electron chi connectivity index (χ0n) is 10.9. The minimum atomic E-state index is -1.01. The normalized spacial score (nSPS) is 33.3. The van der Waals surface area contributed by atoms with E-state index >= 15 is 0 Å². The summed E-state index contributed by atoms with van der Waals surface area (Å²) in [5.41, 5.74) is 0.774. The molecule has 102 valence electrons. The number of amides is 1. The van der Waals surface area contributed by atoms with Gasteiger partial charge in [-0.2, -0.15) is 0 Å². The van der Waals surface area contributed by atoms with Crippen LogP contribution in [0.5, 0.6) is 0 Å². The van der Waals surface area contributed by atoms with E-state index in [4.69, 9.17) is 9.47 Å². The van der Waals surface area contributed by atoms with Crippen LogP contribution in [0.25, 0.3) is 0 Å². The Bertz CT molecular complexity index is 487. The topological polar surface area (TPSA) is 59.0 Å². The van der Waals surface area contributed by atoms with Gasteiger partial charge in [0.1, 0.15) is 12.1 Å². The maximum Gasteiger partial charge on any atom is 0.258 e. The number of benzene rings is 1. The first kappa shape index (κ1) is 12.6. The van der Waals surface area contributed by atoms with Crippen molar-refractivity contribution in [3.05, 3.63) is 30.3 Å². The fourth-order valence-electron chi connectivity index (χ4n) is 2.64. The van der Waals surface area contributed by atoms with Crippen molar-refractivity contribution in [3.8, 4) is 0 Å². The van der Waals surface area contributed by atoms with Crippen molar-refractivity contribution in [1.29, 1.82) is 0 Å². The first-order valence-corrected chi connectivity index (χ1v) is 6.37. The van der Waals surface area contributed by atoms with Gasteiger partial charge in [-0.05, 0) is 26.0 Å². The van der Waals surface area contributed by atoms with Crippen molar-refractivity contribution in [2.24, 2.45) is 0 Å². The van der Waals surface area contributed by atoms with E-state index in [1.807, 2.05) is 44.2 Å². The Morgan fingerprint density at radius 2 is 2.00 bits per heavy atom. The first-order valence-electron chi connectivity index (χ1n) is 6.37. The largest absolute Gasteiger partial charge is 0.381 e. The molecule has 3 rings (SSSR count). The van der Waals surface area contributed by atoms with Gasteiger partial charge >= 0.3 is 0 Å². The number of rotatable bonds is 2. The van der Waals surface area contributed by atoms with Crippen LogP contribution in [0.2, 0.25) is 0 Å². The smallest absolute Gasteiger partial charge is 0.258 e. The Hall–Kier alpha value is -1.43. The maximum absolute atomic E-state index is 11.9. The van der Waals surface area contributed by atoms with E-state index < -0.39 is 11.9 Å². The number of carbonyl (C=O) groups excluding carboxylic acids is 1. The minimum absolute atomic E-state index is 0.287. The van der Waals surface area contributed by atoms with E-state index in [1.165, 1.54) is 0 Å². The summed E-state index contributed by atoms with van der Waals surface area (Å²) in [4.78, 5) is 13.5. The third-order valence-electron chi connectivity index (χ3n) is 3.56. The highest BCUT2D eigenvalue weighted by Crippen LogP contribution is 2.35. The Labute approximate surface area is 111 Å². The number of ether oxygens (including phenoxy) is 2. The molecule has 19 heavy (non-hydrogen) atoms. The van der Waals surface area contributed by atoms with E-state index in [9.17, 15) is 9.90 Å². The molecule has 2 aliphatic heterocycles. The molecule has 0 saturated carbocycles. The number of para-hydroxylation sites is 1. The summed E-state index contributed by atoms with van der Waals surface area (Å²) < 4.78 is 11.3. The Balaban J connectivity index is 1.83. The number of anilines is 1. The number of hydrogen-bond donors (Lipinski definition) is 1. The highest BCUT2D eigenvalue weighted by Gasteiger charge is 2.54. The van der Waals surface area contributed by atoms with Crippen molar-refractivity contribution in [2.75, 3.05) is 11.5 Å². The number of aliphatic hydroxyl groups is 1. The Morgan fingerprint density at radius 3 is 2.58 bits per heavy atom. The summed E-state index contributed by atoms with van der Waals surface area (Å²) in [6.07, 6.45) is -1.31. The lowest BCUT2D eigenvalue weighted by Crippen LogP contribution is -2.70. The number of hydrogen-bond acceptors (Lipinski definition) is 4. The van der Waals surface area contributed by atoms with Crippen molar-refractivity contribution in [3.63, 3.8) is 0 Å². The molecular formula is C14H17NO4. The van der Waals surface area contributed by atoms with E-state index in [-0.39, 0.29) is 18.1 Å². The van der Waals surface area contributed by atoms with E-state index in [1.54, 1.807) is 4.90 Å². The van der Waals surface area contributed by atoms with Crippen LogP contribution in [0.4, 0.5) is 5.69 Å². The zero-order valence-corrected chi connectivity index (χ0v) is 10.9. The fraction of sp³-hybridized carbons (Fsp3) is 0.500. The zero-order chi connectivity index (χ0) is 13.6. The lowest BCUT2D eigenvalue weighted by atomic mass is 9.92. The number of aliphatic hydroxyl groups excluding tert-OH is 1. The van der Waals surface area contributed by atoms with Gasteiger partial charge in [-0.1, -0.05) is 18.2 Å². The molecule has 0 aromatic heterocycles. The Morgan fingerprint density at radius 1 is 1.32 bits per heavy atom. The van der Waals surface area contributed by atoms with Crippen LogP contribution in [0, 0.1) is 0 Å². The number of β-lactam (4-membered cyclic amide) rings is 1. The van der Waals surface area contributed by atoms with Gasteiger partial charge in [0, 0.05) is 5.69 Å². The summed E-state index contributed by atoms with van der Waals surface area (Å²) in [6, 6.07) is 8.92. The predicted molar refractivity (Wildman–Crippen MR) is 68.6 cm³/mol. The molecule has 0 spiro atoms. The van der Waals surface area contributed by atoms with Crippen LogP contribution in [-0.4, -0.2) is 41.7 Å². The van der Waals surface area contributed by atoms with Crippen molar-refractivity contribution in [1.82, 2.24) is 0 Å². The molecule has 0 unspecified atom stereocenters. The predicted octanol–water partition coefficient (Wildman–Crippen LogP) is 0.914. The molecule has 5 heteroatoms. The average Bonchev–Trinajstić information content (AvgIpc) is 2.75. The van der Waals surface area contributed by atoms with Gasteiger partial charge in [0.15, 0.2) is 11.9 Å². The molecule has 2 heterocycles. The van der Waals surface area contributed by atoms with Gasteiger partial charge < -0.3 is 19.5 Å². The van der Waals surface area contributed by atoms with Crippen LogP contribution in [0.1, 0.15) is 13.8 Å². The molecule has 0 bridgehead atoms.